The van der Waals surface area contributed by atoms with Crippen molar-refractivity contribution in [1.82, 2.24) is 4.57 Å². The highest BCUT2D eigenvalue weighted by Crippen LogP contribution is 2.21. The highest BCUT2D eigenvalue weighted by Gasteiger charge is 2.19. The lowest BCUT2D eigenvalue weighted by Crippen LogP contribution is -2.18. The van der Waals surface area contributed by atoms with E-state index in [1.165, 1.54) is 61.7 Å². The summed E-state index contributed by atoms with van der Waals surface area (Å²) in [6.07, 6.45) is 1.91. The molecule has 0 unspecified atom stereocenters. The van der Waals surface area contributed by atoms with Crippen LogP contribution in [0.4, 0.5) is 4.39 Å². The quantitative estimate of drug-likeness (QED) is 0.0960. The fraction of sp³-hybridized carbons (Fsp3) is 0.156. The van der Waals surface area contributed by atoms with Gasteiger partial charge in [0.15, 0.2) is 11.2 Å². The molecule has 4 aromatic rings. The molecule has 0 aliphatic carbocycles. The highest BCUT2D eigenvalue weighted by molar-refractivity contribution is 6.39. The summed E-state index contributed by atoms with van der Waals surface area (Å²) in [6.45, 7) is 3.50. The van der Waals surface area contributed by atoms with Gasteiger partial charge in [-0.15, -0.1) is 0 Å². The van der Waals surface area contributed by atoms with Gasteiger partial charge < -0.3 is 19.1 Å². The van der Waals surface area contributed by atoms with Crippen LogP contribution < -0.4 is 5.43 Å². The van der Waals surface area contributed by atoms with Gasteiger partial charge in [-0.05, 0) is 61.9 Å². The molecule has 4 rings (SSSR count). The molecule has 10 heteroatoms. The number of hydrogen-bond acceptors (Lipinski definition) is 8. The summed E-state index contributed by atoms with van der Waals surface area (Å²) >= 11 is 0. The van der Waals surface area contributed by atoms with Crippen molar-refractivity contribution in [3.05, 3.63) is 123 Å². The molecule has 1 aromatic heterocycles. The molecule has 1 heterocycles. The van der Waals surface area contributed by atoms with Crippen LogP contribution in [0, 0.1) is 5.82 Å². The molecule has 0 aliphatic heterocycles. The van der Waals surface area contributed by atoms with E-state index in [1.807, 2.05) is 0 Å². The van der Waals surface area contributed by atoms with Crippen molar-refractivity contribution in [2.45, 2.75) is 20.4 Å². The van der Waals surface area contributed by atoms with E-state index in [-0.39, 0.29) is 47.4 Å². The summed E-state index contributed by atoms with van der Waals surface area (Å²) in [7, 11) is 0. The molecule has 0 fully saturated rings. The number of halogens is 1. The van der Waals surface area contributed by atoms with Gasteiger partial charge in [-0.1, -0.05) is 24.3 Å². The van der Waals surface area contributed by atoms with Crippen LogP contribution in [-0.4, -0.2) is 46.4 Å². The number of aliphatic hydroxyl groups excluding tert-OH is 1. The maximum atomic E-state index is 13.5. The number of ketones is 2. The largest absolute Gasteiger partial charge is 0.507 e. The molecule has 9 nitrogen and oxygen atoms in total. The van der Waals surface area contributed by atoms with Crippen LogP contribution in [0.3, 0.4) is 0 Å². The van der Waals surface area contributed by atoms with Crippen molar-refractivity contribution in [2.75, 3.05) is 13.2 Å². The van der Waals surface area contributed by atoms with Crippen molar-refractivity contribution in [2.24, 2.45) is 0 Å². The molecule has 0 saturated carbocycles. The number of carbonyl (C=O) groups excluding carboxylic acids is 4. The van der Waals surface area contributed by atoms with E-state index in [4.69, 9.17) is 4.74 Å². The molecule has 0 atom stereocenters. The maximum Gasteiger partial charge on any atom is 0.379 e. The molecule has 1 N–H and O–H groups in total. The number of fused-ring (bicyclic) bond motifs is 1. The lowest BCUT2D eigenvalue weighted by molar-refractivity contribution is -0.151. The van der Waals surface area contributed by atoms with Crippen molar-refractivity contribution in [3.63, 3.8) is 0 Å². The van der Waals surface area contributed by atoms with Gasteiger partial charge in [0, 0.05) is 35.3 Å². The maximum absolute atomic E-state index is 13.5. The molecule has 0 spiro atoms. The normalized spacial score (nSPS) is 11.3. The van der Waals surface area contributed by atoms with Gasteiger partial charge in [0.2, 0.25) is 0 Å². The van der Waals surface area contributed by atoms with Crippen LogP contribution in [0.2, 0.25) is 0 Å². The first kappa shape index (κ1) is 29.6. The Hall–Kier alpha value is -5.38. The number of aromatic nitrogens is 1. The van der Waals surface area contributed by atoms with Gasteiger partial charge in [-0.3, -0.25) is 14.4 Å². The van der Waals surface area contributed by atoms with Gasteiger partial charge in [-0.25, -0.2) is 14.0 Å². The Morgan fingerprint density at radius 2 is 1.48 bits per heavy atom. The van der Waals surface area contributed by atoms with Crippen LogP contribution in [0.25, 0.3) is 16.7 Å². The number of esters is 2. The summed E-state index contributed by atoms with van der Waals surface area (Å²) in [5, 5.41) is 10.8. The number of ether oxygens (including phenoxy) is 2. The minimum Gasteiger partial charge on any atom is -0.507 e. The molecular formula is C32H26FNO8. The van der Waals surface area contributed by atoms with Crippen molar-refractivity contribution in [1.29, 1.82) is 0 Å². The number of hydrogen-bond donors (Lipinski definition) is 1. The molecule has 0 radical (unpaired) electrons. The molecule has 3 aromatic carbocycles. The third-order valence-corrected chi connectivity index (χ3v) is 6.29. The molecule has 0 bridgehead atoms. The van der Waals surface area contributed by atoms with Gasteiger partial charge in [0.1, 0.15) is 11.6 Å². The predicted molar refractivity (Wildman–Crippen MR) is 152 cm³/mol. The van der Waals surface area contributed by atoms with Crippen LogP contribution in [0.1, 0.15) is 51.3 Å². The van der Waals surface area contributed by atoms with Crippen LogP contribution >= 0.6 is 0 Å². The number of carbonyl (C=O) groups is 4. The zero-order valence-corrected chi connectivity index (χ0v) is 22.8. The number of rotatable bonds is 10. The van der Waals surface area contributed by atoms with Gasteiger partial charge in [0.05, 0.1) is 29.9 Å². The van der Waals surface area contributed by atoms with Gasteiger partial charge in [0.25, 0.3) is 5.78 Å². The fourth-order valence-electron chi connectivity index (χ4n) is 4.24. The first-order valence-corrected chi connectivity index (χ1v) is 13.0. The number of aliphatic hydroxyl groups is 1. The smallest absolute Gasteiger partial charge is 0.379 e. The van der Waals surface area contributed by atoms with Gasteiger partial charge in [-0.2, -0.15) is 0 Å². The zero-order valence-electron chi connectivity index (χ0n) is 22.8. The monoisotopic (exact) mass is 571 g/mol. The summed E-state index contributed by atoms with van der Waals surface area (Å²) in [4.78, 5) is 62.7. The number of benzene rings is 3. The first-order valence-electron chi connectivity index (χ1n) is 13.0. The summed E-state index contributed by atoms with van der Waals surface area (Å²) < 4.78 is 24.7. The Balaban J connectivity index is 1.81. The minimum atomic E-state index is -1.20. The second kappa shape index (κ2) is 12.9. The van der Waals surface area contributed by atoms with Crippen LogP contribution in [0.15, 0.2) is 83.8 Å². The van der Waals surface area contributed by atoms with Crippen molar-refractivity contribution >= 4 is 40.2 Å². The lowest BCUT2D eigenvalue weighted by atomic mass is 9.99. The average Bonchev–Trinajstić information content (AvgIpc) is 2.99. The van der Waals surface area contributed by atoms with Gasteiger partial charge >= 0.3 is 11.9 Å². The third kappa shape index (κ3) is 6.49. The Labute approximate surface area is 239 Å². The summed E-state index contributed by atoms with van der Waals surface area (Å²) in [5.41, 5.74) is 0.753. The topological polar surface area (TPSA) is 129 Å². The Morgan fingerprint density at radius 3 is 2.12 bits per heavy atom. The van der Waals surface area contributed by atoms with E-state index < -0.39 is 40.5 Å². The second-order valence-corrected chi connectivity index (χ2v) is 9.10. The standard InChI is InChI=1S/C32H26FNO8/c1-3-41-31(39)21-9-7-20(8-10-21)29(37)22-11-14-26-24(15-22)30(38)25(27(35)16-28(36)32(40)42-4-2)18-34(26)17-19-5-12-23(33)13-6-19/h5-16,18,35H,3-4,17H2,1-2H3/b27-16-. The second-order valence-electron chi connectivity index (χ2n) is 9.10. The minimum absolute atomic E-state index is 0.0483. The number of nitrogens with zero attached hydrogens (tertiary/aromatic N) is 1. The predicted octanol–water partition coefficient (Wildman–Crippen LogP) is 4.63. The molecule has 0 amide bonds. The molecule has 214 valence electrons. The lowest BCUT2D eigenvalue weighted by Gasteiger charge is -2.15. The van der Waals surface area contributed by atoms with E-state index in [9.17, 15) is 33.5 Å². The average molecular weight is 572 g/mol. The van der Waals surface area contributed by atoms with E-state index >= 15 is 0 Å². The zero-order chi connectivity index (χ0) is 30.4. The third-order valence-electron chi connectivity index (χ3n) is 6.29. The fourth-order valence-corrected chi connectivity index (χ4v) is 4.24. The van der Waals surface area contributed by atoms with E-state index in [2.05, 4.69) is 4.74 Å². The van der Waals surface area contributed by atoms with Crippen LogP contribution in [-0.2, 0) is 25.6 Å². The Bertz CT molecular complexity index is 1770. The SMILES string of the molecule is CCOC(=O)C(=O)/C=C(\O)c1cn(Cc2ccc(F)cc2)c2ccc(C(=O)c3ccc(C(=O)OCC)cc3)cc2c1=O. The Kier molecular flexibility index (Phi) is 9.06. The van der Waals surface area contributed by atoms with Crippen molar-refractivity contribution in [3.8, 4) is 0 Å². The van der Waals surface area contributed by atoms with E-state index in [1.54, 1.807) is 29.7 Å². The van der Waals surface area contributed by atoms with Crippen molar-refractivity contribution < 1.29 is 38.1 Å². The Morgan fingerprint density at radius 1 is 0.857 bits per heavy atom. The highest BCUT2D eigenvalue weighted by atomic mass is 19.1. The van der Waals surface area contributed by atoms with E-state index in [0.29, 0.717) is 17.2 Å². The molecular weight excluding hydrogens is 545 g/mol. The molecule has 0 saturated heterocycles. The number of pyridine rings is 1. The first-order chi connectivity index (χ1) is 20.1. The van der Waals surface area contributed by atoms with E-state index in [0.717, 1.165) is 0 Å². The molecule has 42 heavy (non-hydrogen) atoms. The summed E-state index contributed by atoms with van der Waals surface area (Å²) in [5.74, 6) is -4.50. The summed E-state index contributed by atoms with van der Waals surface area (Å²) in [6, 6.07) is 16.0. The van der Waals surface area contributed by atoms with Crippen LogP contribution in [0.5, 0.6) is 0 Å². The molecule has 0 aliphatic rings.